The number of rotatable bonds is 9. The average molecular weight is 297 g/mol. The average Bonchev–Trinajstić information content (AvgIpc) is 2.45. The quantitative estimate of drug-likeness (QED) is 0.761. The predicted molar refractivity (Wildman–Crippen MR) is 86.7 cm³/mol. The third-order valence-electron chi connectivity index (χ3n) is 3.46. The van der Waals surface area contributed by atoms with Gasteiger partial charge in [-0.15, -0.1) is 0 Å². The van der Waals surface area contributed by atoms with E-state index < -0.39 is 10.8 Å². The van der Waals surface area contributed by atoms with Crippen LogP contribution >= 0.6 is 0 Å². The molecule has 0 aromatic heterocycles. The highest BCUT2D eigenvalue weighted by Gasteiger charge is 2.18. The fourth-order valence-electron chi connectivity index (χ4n) is 2.07. The van der Waals surface area contributed by atoms with E-state index in [2.05, 4.69) is 19.2 Å². The molecule has 114 valence electrons. The Labute approximate surface area is 125 Å². The summed E-state index contributed by atoms with van der Waals surface area (Å²) in [6.07, 6.45) is 1.07. The van der Waals surface area contributed by atoms with Gasteiger partial charge in [-0.25, -0.2) is 0 Å². The van der Waals surface area contributed by atoms with E-state index in [1.54, 1.807) is 0 Å². The van der Waals surface area contributed by atoms with Crippen LogP contribution in [-0.2, 0) is 10.8 Å². The predicted octanol–water partition coefficient (Wildman–Crippen LogP) is 3.14. The first kappa shape index (κ1) is 17.2. The van der Waals surface area contributed by atoms with Gasteiger partial charge in [0.15, 0.2) is 0 Å². The topological polar surface area (TPSA) is 38.3 Å². The molecule has 0 saturated heterocycles. The minimum absolute atomic E-state index is 0.0719. The van der Waals surface area contributed by atoms with E-state index >= 15 is 0 Å². The summed E-state index contributed by atoms with van der Waals surface area (Å²) < 4.78 is 17.9. The van der Waals surface area contributed by atoms with Crippen molar-refractivity contribution >= 4 is 10.8 Å². The van der Waals surface area contributed by atoms with Crippen LogP contribution in [0.2, 0.25) is 0 Å². The van der Waals surface area contributed by atoms with Crippen LogP contribution in [0.3, 0.4) is 0 Å². The van der Waals surface area contributed by atoms with Gasteiger partial charge in [-0.3, -0.25) is 4.21 Å². The zero-order valence-electron chi connectivity index (χ0n) is 13.0. The molecule has 4 heteroatoms. The smallest absolute Gasteiger partial charge is 0.124 e. The highest BCUT2D eigenvalue weighted by Crippen LogP contribution is 2.25. The van der Waals surface area contributed by atoms with Gasteiger partial charge in [0, 0.05) is 33.9 Å². The van der Waals surface area contributed by atoms with Crippen LogP contribution in [0.15, 0.2) is 24.3 Å². The number of hydrogen-bond donors (Lipinski definition) is 1. The lowest BCUT2D eigenvalue weighted by atomic mass is 10.1. The molecule has 20 heavy (non-hydrogen) atoms. The molecule has 1 aromatic rings. The van der Waals surface area contributed by atoms with E-state index in [0.717, 1.165) is 23.5 Å². The molecule has 1 N–H and O–H groups in total. The lowest BCUT2D eigenvalue weighted by Crippen LogP contribution is -2.25. The summed E-state index contributed by atoms with van der Waals surface area (Å²) >= 11 is 0. The molecule has 0 spiro atoms. The van der Waals surface area contributed by atoms with Crippen LogP contribution in [0.25, 0.3) is 0 Å². The van der Waals surface area contributed by atoms with E-state index in [1.165, 1.54) is 0 Å². The zero-order chi connectivity index (χ0) is 15.0. The van der Waals surface area contributed by atoms with E-state index in [9.17, 15) is 4.21 Å². The maximum Gasteiger partial charge on any atom is 0.124 e. The van der Waals surface area contributed by atoms with Crippen LogP contribution in [0.1, 0.15) is 38.8 Å². The molecular formula is C16H27NO2S. The minimum atomic E-state index is -0.811. The van der Waals surface area contributed by atoms with Gasteiger partial charge in [0.05, 0.1) is 6.61 Å². The first-order valence-corrected chi connectivity index (χ1v) is 8.85. The van der Waals surface area contributed by atoms with Crippen LogP contribution in [0.4, 0.5) is 0 Å². The first-order chi connectivity index (χ1) is 9.62. The van der Waals surface area contributed by atoms with Crippen molar-refractivity contribution in [2.45, 2.75) is 33.2 Å². The lowest BCUT2D eigenvalue weighted by Gasteiger charge is -2.20. The van der Waals surface area contributed by atoms with Crippen molar-refractivity contribution in [3.8, 4) is 5.75 Å². The van der Waals surface area contributed by atoms with Crippen molar-refractivity contribution in [1.82, 2.24) is 5.32 Å². The number of nitrogens with one attached hydrogen (secondary N) is 1. The van der Waals surface area contributed by atoms with E-state index in [0.29, 0.717) is 18.3 Å². The molecule has 3 nitrogen and oxygen atoms in total. The Kier molecular flexibility index (Phi) is 7.85. The third-order valence-corrected chi connectivity index (χ3v) is 5.11. The summed E-state index contributed by atoms with van der Waals surface area (Å²) in [5.74, 6) is 2.79. The maximum atomic E-state index is 12.3. The Hall–Kier alpha value is -0.870. The van der Waals surface area contributed by atoms with E-state index in [-0.39, 0.29) is 6.04 Å². The van der Waals surface area contributed by atoms with Gasteiger partial charge in [0.25, 0.3) is 0 Å². The molecule has 0 saturated carbocycles. The summed E-state index contributed by atoms with van der Waals surface area (Å²) in [6, 6.07) is 8.06. The van der Waals surface area contributed by atoms with Crippen molar-refractivity contribution in [1.29, 1.82) is 0 Å². The third kappa shape index (κ3) is 5.25. The molecule has 0 bridgehead atoms. The van der Waals surface area contributed by atoms with Gasteiger partial charge in [-0.2, -0.15) is 0 Å². The van der Waals surface area contributed by atoms with Crippen molar-refractivity contribution in [3.05, 3.63) is 29.8 Å². The Morgan fingerprint density at radius 3 is 2.55 bits per heavy atom. The molecular weight excluding hydrogens is 270 g/mol. The van der Waals surface area contributed by atoms with Gasteiger partial charge < -0.3 is 10.1 Å². The molecule has 3 atom stereocenters. The van der Waals surface area contributed by atoms with Gasteiger partial charge in [-0.05, 0) is 26.0 Å². The standard InChI is InChI=1S/C16H27NO2S/c1-5-13(3)11-20(18)12-15(17-4)14-9-7-8-10-16(14)19-6-2/h7-10,13,15,17H,5-6,11-12H2,1-4H3. The Morgan fingerprint density at radius 1 is 1.25 bits per heavy atom. The fraction of sp³-hybridized carbons (Fsp3) is 0.625. The Morgan fingerprint density at radius 2 is 1.95 bits per heavy atom. The van der Waals surface area contributed by atoms with Crippen LogP contribution < -0.4 is 10.1 Å². The number of para-hydroxylation sites is 1. The van der Waals surface area contributed by atoms with Gasteiger partial charge in [-0.1, -0.05) is 38.5 Å². The molecule has 0 fully saturated rings. The van der Waals surface area contributed by atoms with E-state index in [1.807, 2.05) is 38.2 Å². The van der Waals surface area contributed by atoms with Crippen LogP contribution in [0.5, 0.6) is 5.75 Å². The lowest BCUT2D eigenvalue weighted by molar-refractivity contribution is 0.333. The second kappa shape index (κ2) is 9.14. The molecule has 0 aliphatic carbocycles. The normalized spacial score (nSPS) is 15.6. The van der Waals surface area contributed by atoms with Gasteiger partial charge in [0.1, 0.15) is 5.75 Å². The van der Waals surface area contributed by atoms with E-state index in [4.69, 9.17) is 4.74 Å². The van der Waals surface area contributed by atoms with Crippen molar-refractivity contribution in [2.75, 3.05) is 25.2 Å². The summed E-state index contributed by atoms with van der Waals surface area (Å²) in [4.78, 5) is 0. The molecule has 0 aliphatic rings. The van der Waals surface area contributed by atoms with Crippen molar-refractivity contribution in [3.63, 3.8) is 0 Å². The largest absolute Gasteiger partial charge is 0.494 e. The SMILES string of the molecule is CCOc1ccccc1C(CS(=O)CC(C)CC)NC. The number of hydrogen-bond acceptors (Lipinski definition) is 3. The van der Waals surface area contributed by atoms with Crippen molar-refractivity contribution in [2.24, 2.45) is 5.92 Å². The second-order valence-corrected chi connectivity index (χ2v) is 6.64. The van der Waals surface area contributed by atoms with Crippen LogP contribution in [-0.4, -0.2) is 29.4 Å². The monoisotopic (exact) mass is 297 g/mol. The highest BCUT2D eigenvalue weighted by atomic mass is 32.2. The van der Waals surface area contributed by atoms with Gasteiger partial charge >= 0.3 is 0 Å². The first-order valence-electron chi connectivity index (χ1n) is 7.36. The Bertz CT molecular complexity index is 423. The number of benzene rings is 1. The van der Waals surface area contributed by atoms with Gasteiger partial charge in [0.2, 0.25) is 0 Å². The summed E-state index contributed by atoms with van der Waals surface area (Å²) in [5.41, 5.74) is 1.09. The highest BCUT2D eigenvalue weighted by molar-refractivity contribution is 7.85. The molecule has 0 aliphatic heterocycles. The summed E-state index contributed by atoms with van der Waals surface area (Å²) in [6.45, 7) is 6.91. The van der Waals surface area contributed by atoms with Crippen LogP contribution in [0, 0.1) is 5.92 Å². The summed E-state index contributed by atoms with van der Waals surface area (Å²) in [5, 5.41) is 3.27. The zero-order valence-corrected chi connectivity index (χ0v) is 13.8. The molecule has 0 radical (unpaired) electrons. The minimum Gasteiger partial charge on any atom is -0.494 e. The fourth-order valence-corrected chi connectivity index (χ4v) is 3.80. The Balaban J connectivity index is 2.78. The maximum absolute atomic E-state index is 12.3. The summed E-state index contributed by atoms with van der Waals surface area (Å²) in [7, 11) is 1.10. The molecule has 3 unspecified atom stereocenters. The van der Waals surface area contributed by atoms with Crippen molar-refractivity contribution < 1.29 is 8.95 Å². The molecule has 1 aromatic carbocycles. The number of ether oxygens (including phenoxy) is 1. The molecule has 0 heterocycles. The second-order valence-electron chi connectivity index (χ2n) is 5.10. The molecule has 1 rings (SSSR count). The molecule has 0 amide bonds.